The summed E-state index contributed by atoms with van der Waals surface area (Å²) in [6, 6.07) is 13.4. The van der Waals surface area contributed by atoms with Crippen molar-refractivity contribution in [1.82, 2.24) is 34.8 Å². The molecule has 2 aliphatic carbocycles. The molecule has 2 heterocycles. The van der Waals surface area contributed by atoms with E-state index in [9.17, 15) is 24.4 Å². The molecule has 1 saturated heterocycles. The minimum Gasteiger partial charge on any atom is -0.345 e. The molecule has 3 atom stereocenters. The summed E-state index contributed by atoms with van der Waals surface area (Å²) in [4.78, 5) is 60.0. The summed E-state index contributed by atoms with van der Waals surface area (Å²) < 4.78 is 1.27. The number of nitrogens with zero attached hydrogens (tertiary/aromatic N) is 6. The summed E-state index contributed by atoms with van der Waals surface area (Å²) >= 11 is 0. The number of carbonyl (C=O) groups is 3. The van der Waals surface area contributed by atoms with E-state index in [1.165, 1.54) is 14.5 Å². The second-order valence-electron chi connectivity index (χ2n) is 13.1. The topological polar surface area (TPSA) is 147 Å². The van der Waals surface area contributed by atoms with E-state index in [0.717, 1.165) is 35.1 Å². The average Bonchev–Trinajstić information content (AvgIpc) is 3.61. The lowest BCUT2D eigenvalue weighted by Gasteiger charge is -2.35. The third kappa shape index (κ3) is 5.28. The molecule has 3 aliphatic rings. The number of aromatic amines is 1. The van der Waals surface area contributed by atoms with Gasteiger partial charge in [-0.25, -0.2) is 9.48 Å². The number of likely N-dealkylation sites (tertiary alicyclic amines) is 1. The predicted octanol–water partition coefficient (Wildman–Crippen LogP) is 1.44. The molecule has 6 rings (SSSR count). The fraction of sp³-hybridized carbons (Fsp3) is 0.471. The largest absolute Gasteiger partial charge is 0.345 e. The van der Waals surface area contributed by atoms with E-state index in [4.69, 9.17) is 0 Å². The quantitative estimate of drug-likeness (QED) is 0.361. The van der Waals surface area contributed by atoms with Crippen molar-refractivity contribution in [2.24, 2.45) is 13.0 Å². The average molecular weight is 625 g/mol. The number of benzene rings is 2. The highest BCUT2D eigenvalue weighted by Gasteiger charge is 2.54. The Morgan fingerprint density at radius 3 is 2.09 bits per heavy atom. The number of amides is 3. The van der Waals surface area contributed by atoms with Gasteiger partial charge in [-0.15, -0.1) is 0 Å². The summed E-state index contributed by atoms with van der Waals surface area (Å²) in [5, 5.41) is 17.6. The monoisotopic (exact) mass is 624 g/mol. The highest BCUT2D eigenvalue weighted by molar-refractivity contribution is 5.95. The van der Waals surface area contributed by atoms with Gasteiger partial charge in [0.15, 0.2) is 0 Å². The number of aromatic nitrogens is 3. The summed E-state index contributed by atoms with van der Waals surface area (Å²) in [6.07, 6.45) is 3.34. The van der Waals surface area contributed by atoms with Gasteiger partial charge >= 0.3 is 5.69 Å². The number of aryl methyl sites for hydroxylation is 3. The number of hydrogen-bond acceptors (Lipinski definition) is 7. The van der Waals surface area contributed by atoms with Crippen LogP contribution in [0.15, 0.2) is 41.2 Å². The molecule has 46 heavy (non-hydrogen) atoms. The number of nitriles is 1. The molecule has 0 radical (unpaired) electrons. The first kappa shape index (κ1) is 31.2. The third-order valence-corrected chi connectivity index (χ3v) is 9.77. The van der Waals surface area contributed by atoms with Crippen LogP contribution in [0.4, 0.5) is 0 Å². The molecule has 2 aromatic carbocycles. The van der Waals surface area contributed by atoms with Crippen molar-refractivity contribution in [2.45, 2.75) is 49.6 Å². The van der Waals surface area contributed by atoms with E-state index in [2.05, 4.69) is 21.5 Å². The molecule has 0 spiro atoms. The maximum Gasteiger partial charge on any atom is 0.343 e. The lowest BCUT2D eigenvalue weighted by molar-refractivity contribution is -0.131. The van der Waals surface area contributed by atoms with Gasteiger partial charge in [-0.3, -0.25) is 19.4 Å². The van der Waals surface area contributed by atoms with Gasteiger partial charge in [-0.05, 0) is 91.1 Å². The predicted molar refractivity (Wildman–Crippen MR) is 170 cm³/mol. The van der Waals surface area contributed by atoms with E-state index in [1.54, 1.807) is 40.1 Å². The SMILES string of the molecule is CN(C)C(=O)c1ccc2c(c1)CCc1cc(C(=O)N(C)C)ccc1C2(CCNCC(=O)N1[C@H](C#N)C[C@@H]2C[C@@H]21)c1nn(C)c(=O)[nH]1. The van der Waals surface area contributed by atoms with Gasteiger partial charge < -0.3 is 20.0 Å². The Balaban J connectivity index is 1.43. The summed E-state index contributed by atoms with van der Waals surface area (Å²) in [5.41, 5.74) is 3.48. The molecule has 0 bridgehead atoms. The molecular formula is C34H40N8O4. The van der Waals surface area contributed by atoms with Gasteiger partial charge in [0.1, 0.15) is 11.9 Å². The number of fused-ring (bicyclic) bond motifs is 3. The van der Waals surface area contributed by atoms with Crippen molar-refractivity contribution >= 4 is 17.7 Å². The van der Waals surface area contributed by atoms with Gasteiger partial charge in [0, 0.05) is 52.4 Å². The molecule has 1 aromatic heterocycles. The summed E-state index contributed by atoms with van der Waals surface area (Å²) in [7, 11) is 8.46. The van der Waals surface area contributed by atoms with Crippen LogP contribution in [0.2, 0.25) is 0 Å². The van der Waals surface area contributed by atoms with Gasteiger partial charge in [-0.1, -0.05) is 12.1 Å². The molecule has 2 N–H and O–H groups in total. The Hall–Kier alpha value is -4.76. The van der Waals surface area contributed by atoms with Crippen LogP contribution in [0, 0.1) is 17.2 Å². The molecule has 3 aromatic rings. The number of piperidine rings is 1. The van der Waals surface area contributed by atoms with Crippen LogP contribution in [-0.2, 0) is 30.1 Å². The van der Waals surface area contributed by atoms with Crippen molar-refractivity contribution in [2.75, 3.05) is 41.3 Å². The molecular weight excluding hydrogens is 584 g/mol. The van der Waals surface area contributed by atoms with Crippen molar-refractivity contribution in [3.63, 3.8) is 0 Å². The van der Waals surface area contributed by atoms with Gasteiger partial charge in [-0.2, -0.15) is 10.4 Å². The van der Waals surface area contributed by atoms with Crippen LogP contribution in [0.5, 0.6) is 0 Å². The second-order valence-corrected chi connectivity index (χ2v) is 13.1. The Morgan fingerprint density at radius 1 is 1.00 bits per heavy atom. The molecule has 3 amide bonds. The first-order valence-corrected chi connectivity index (χ1v) is 15.7. The van der Waals surface area contributed by atoms with E-state index in [1.807, 2.05) is 36.4 Å². The molecule has 12 nitrogen and oxygen atoms in total. The van der Waals surface area contributed by atoms with Crippen molar-refractivity contribution in [1.29, 1.82) is 5.26 Å². The number of nitrogens with one attached hydrogen (secondary N) is 2. The van der Waals surface area contributed by atoms with Crippen LogP contribution in [0.25, 0.3) is 0 Å². The number of carbonyl (C=O) groups excluding carboxylic acids is 3. The summed E-state index contributed by atoms with van der Waals surface area (Å²) in [6.45, 7) is 0.474. The number of rotatable bonds is 8. The smallest absolute Gasteiger partial charge is 0.343 e. The molecule has 240 valence electrons. The molecule has 12 heteroatoms. The maximum absolute atomic E-state index is 13.2. The van der Waals surface area contributed by atoms with Gasteiger partial charge in [0.2, 0.25) is 5.91 Å². The van der Waals surface area contributed by atoms with Crippen molar-refractivity contribution in [3.8, 4) is 6.07 Å². The summed E-state index contributed by atoms with van der Waals surface area (Å²) in [5.74, 6) is 0.565. The maximum atomic E-state index is 13.2. The standard InChI is InChI=1S/C34H40N8O4/c1-39(2)30(44)22-8-10-26-20(14-22)6-7-21-15-23(31(45)40(3)4)9-11-27(21)34(26,32-37-33(46)41(5)38-32)12-13-36-19-29(43)42-25(18-35)16-24-17-28(24)42/h8-11,14-15,24-25,28,36H,6-7,12-13,16-17,19H2,1-5H3,(H,37,38,46)/t24-,25+,28+/m1/s1. The normalized spacial score (nSPS) is 20.5. The first-order valence-electron chi connectivity index (χ1n) is 15.7. The number of H-pyrrole nitrogens is 1. The van der Waals surface area contributed by atoms with Crippen LogP contribution in [-0.4, -0.2) is 101 Å². The third-order valence-electron chi connectivity index (χ3n) is 9.77. The Labute approximate surface area is 268 Å². The fourth-order valence-electron chi connectivity index (χ4n) is 7.36. The Bertz CT molecular complexity index is 1740. The highest BCUT2D eigenvalue weighted by Crippen LogP contribution is 2.48. The first-order chi connectivity index (χ1) is 22.0. The van der Waals surface area contributed by atoms with Crippen LogP contribution < -0.4 is 11.0 Å². The second kappa shape index (κ2) is 11.9. The zero-order valence-electron chi connectivity index (χ0n) is 27.0. The molecule has 1 aliphatic heterocycles. The van der Waals surface area contributed by atoms with Crippen LogP contribution in [0.3, 0.4) is 0 Å². The van der Waals surface area contributed by atoms with Gasteiger partial charge in [0.05, 0.1) is 18.0 Å². The van der Waals surface area contributed by atoms with Crippen LogP contribution >= 0.6 is 0 Å². The minimum atomic E-state index is -0.971. The zero-order chi connectivity index (χ0) is 32.9. The Morgan fingerprint density at radius 2 is 1.59 bits per heavy atom. The van der Waals surface area contributed by atoms with E-state index >= 15 is 0 Å². The lowest BCUT2D eigenvalue weighted by Crippen LogP contribution is -2.44. The lowest BCUT2D eigenvalue weighted by atomic mass is 9.69. The van der Waals surface area contributed by atoms with E-state index in [-0.39, 0.29) is 42.0 Å². The molecule has 2 fully saturated rings. The molecule has 1 saturated carbocycles. The number of hydrogen-bond donors (Lipinski definition) is 2. The van der Waals surface area contributed by atoms with E-state index in [0.29, 0.717) is 48.7 Å². The molecule has 0 unspecified atom stereocenters. The minimum absolute atomic E-state index is 0.0858. The van der Waals surface area contributed by atoms with Crippen molar-refractivity contribution < 1.29 is 14.4 Å². The fourth-order valence-corrected chi connectivity index (χ4v) is 7.36. The highest BCUT2D eigenvalue weighted by atomic mass is 16.2. The Kier molecular flexibility index (Phi) is 8.06. The zero-order valence-corrected chi connectivity index (χ0v) is 27.0. The van der Waals surface area contributed by atoms with Crippen molar-refractivity contribution in [3.05, 3.63) is 86.1 Å². The van der Waals surface area contributed by atoms with Gasteiger partial charge in [0.25, 0.3) is 11.8 Å². The van der Waals surface area contributed by atoms with E-state index < -0.39 is 5.41 Å². The van der Waals surface area contributed by atoms with Crippen LogP contribution in [0.1, 0.15) is 68.1 Å².